The maximum atomic E-state index is 13.7. The van der Waals surface area contributed by atoms with Crippen LogP contribution in [0, 0.1) is 5.82 Å². The van der Waals surface area contributed by atoms with Crippen LogP contribution in [0.25, 0.3) is 0 Å². The number of hydrogen-bond acceptors (Lipinski definition) is 5. The SMILES string of the molecule is CC(C)(C)OC(=O)N[C@@](C)(COS(C)(=O)=O)c1cc(F)cc(Cl)c1. The third-order valence-corrected chi connectivity index (χ3v) is 3.60. The Labute approximate surface area is 146 Å². The lowest BCUT2D eigenvalue weighted by molar-refractivity contribution is 0.0425. The average Bonchev–Trinajstić information content (AvgIpc) is 2.32. The Morgan fingerprint density at radius 3 is 2.29 bits per heavy atom. The van der Waals surface area contributed by atoms with Gasteiger partial charge in [0.25, 0.3) is 10.1 Å². The molecule has 0 unspecified atom stereocenters. The van der Waals surface area contributed by atoms with Crippen LogP contribution in [0.5, 0.6) is 0 Å². The zero-order valence-electron chi connectivity index (χ0n) is 14.1. The minimum Gasteiger partial charge on any atom is -0.444 e. The molecule has 0 heterocycles. The first-order valence-electron chi connectivity index (χ1n) is 7.02. The van der Waals surface area contributed by atoms with Gasteiger partial charge in [0.15, 0.2) is 0 Å². The molecule has 1 rings (SSSR count). The standard InChI is InChI=1S/C15H21ClFNO5S/c1-14(2,3)23-13(19)18-15(4,9-22-24(5,20)21)10-6-11(16)8-12(17)7-10/h6-8H,9H2,1-5H3,(H,18,19)/t15-/m0/s1. The van der Waals surface area contributed by atoms with Crippen molar-refractivity contribution in [2.45, 2.75) is 38.8 Å². The molecule has 0 saturated carbocycles. The summed E-state index contributed by atoms with van der Waals surface area (Å²) in [7, 11) is -3.78. The molecule has 9 heteroatoms. The lowest BCUT2D eigenvalue weighted by atomic mass is 9.93. The minimum atomic E-state index is -3.78. The lowest BCUT2D eigenvalue weighted by Crippen LogP contribution is -2.49. The van der Waals surface area contributed by atoms with Gasteiger partial charge in [0.2, 0.25) is 0 Å². The fourth-order valence-electron chi connectivity index (χ4n) is 1.82. The molecule has 1 N–H and O–H groups in total. The van der Waals surface area contributed by atoms with Crippen LogP contribution >= 0.6 is 11.6 Å². The molecule has 0 aliphatic heterocycles. The summed E-state index contributed by atoms with van der Waals surface area (Å²) in [5, 5.41) is 2.62. The third-order valence-electron chi connectivity index (χ3n) is 2.84. The van der Waals surface area contributed by atoms with E-state index in [9.17, 15) is 17.6 Å². The summed E-state index contributed by atoms with van der Waals surface area (Å²) in [6.07, 6.45) is 0.0712. The number of carbonyl (C=O) groups is 1. The topological polar surface area (TPSA) is 81.7 Å². The van der Waals surface area contributed by atoms with Crippen molar-refractivity contribution in [1.29, 1.82) is 0 Å². The summed E-state index contributed by atoms with van der Waals surface area (Å²) in [6.45, 7) is 6.06. The Kier molecular flexibility index (Phi) is 6.24. The quantitative estimate of drug-likeness (QED) is 0.792. The second-order valence-corrected chi connectivity index (χ2v) is 8.66. The third kappa shape index (κ3) is 7.02. The predicted molar refractivity (Wildman–Crippen MR) is 88.9 cm³/mol. The van der Waals surface area contributed by atoms with Crippen molar-refractivity contribution in [1.82, 2.24) is 5.32 Å². The van der Waals surface area contributed by atoms with Gasteiger partial charge in [0.05, 0.1) is 18.4 Å². The summed E-state index contributed by atoms with van der Waals surface area (Å²) in [6, 6.07) is 3.64. The van der Waals surface area contributed by atoms with E-state index in [2.05, 4.69) is 5.32 Å². The number of amides is 1. The number of rotatable bonds is 5. The molecular weight excluding hydrogens is 361 g/mol. The van der Waals surface area contributed by atoms with Crippen molar-refractivity contribution in [2.24, 2.45) is 0 Å². The molecule has 1 amide bonds. The van der Waals surface area contributed by atoms with E-state index in [4.69, 9.17) is 20.5 Å². The number of nitrogens with one attached hydrogen (secondary N) is 1. The number of alkyl carbamates (subject to hydrolysis) is 1. The van der Waals surface area contributed by atoms with Crippen molar-refractivity contribution in [2.75, 3.05) is 12.9 Å². The van der Waals surface area contributed by atoms with Gasteiger partial charge in [-0.25, -0.2) is 9.18 Å². The van der Waals surface area contributed by atoms with Gasteiger partial charge in [0.1, 0.15) is 11.4 Å². The van der Waals surface area contributed by atoms with Crippen LogP contribution in [0.1, 0.15) is 33.3 Å². The molecule has 0 fully saturated rings. The Bertz CT molecular complexity index is 697. The minimum absolute atomic E-state index is 0.0987. The van der Waals surface area contributed by atoms with E-state index < -0.39 is 39.8 Å². The van der Waals surface area contributed by atoms with E-state index in [0.717, 1.165) is 18.4 Å². The molecule has 0 saturated heterocycles. The molecule has 1 atom stereocenters. The molecule has 24 heavy (non-hydrogen) atoms. The highest BCUT2D eigenvalue weighted by atomic mass is 35.5. The summed E-state index contributed by atoms with van der Waals surface area (Å²) in [5.41, 5.74) is -1.90. The van der Waals surface area contributed by atoms with Gasteiger partial charge in [-0.05, 0) is 51.5 Å². The fraction of sp³-hybridized carbons (Fsp3) is 0.533. The molecule has 1 aromatic rings. The van der Waals surface area contributed by atoms with Crippen LogP contribution in [0.15, 0.2) is 18.2 Å². The lowest BCUT2D eigenvalue weighted by Gasteiger charge is -2.32. The first-order chi connectivity index (χ1) is 10.7. The summed E-state index contributed by atoms with van der Waals surface area (Å²) in [4.78, 5) is 12.1. The first-order valence-corrected chi connectivity index (χ1v) is 9.22. The predicted octanol–water partition coefficient (Wildman–Crippen LogP) is 3.20. The highest BCUT2D eigenvalue weighted by molar-refractivity contribution is 7.85. The maximum Gasteiger partial charge on any atom is 0.408 e. The number of carbonyl (C=O) groups excluding carboxylic acids is 1. The molecular formula is C15H21ClFNO5S. The second kappa shape index (κ2) is 7.25. The Hall–Kier alpha value is -1.38. The highest BCUT2D eigenvalue weighted by Crippen LogP contribution is 2.26. The van der Waals surface area contributed by atoms with Crippen LogP contribution in [0.3, 0.4) is 0 Å². The molecule has 0 aromatic heterocycles. The Balaban J connectivity index is 3.17. The van der Waals surface area contributed by atoms with Crippen LogP contribution in [-0.4, -0.2) is 33.0 Å². The molecule has 0 aliphatic carbocycles. The fourth-order valence-corrected chi connectivity index (χ4v) is 2.49. The Morgan fingerprint density at radius 1 is 1.25 bits per heavy atom. The van der Waals surface area contributed by atoms with Crippen LogP contribution in [0.4, 0.5) is 9.18 Å². The van der Waals surface area contributed by atoms with E-state index in [1.54, 1.807) is 20.8 Å². The first kappa shape index (κ1) is 20.7. The number of benzene rings is 1. The Morgan fingerprint density at radius 2 is 1.83 bits per heavy atom. The van der Waals surface area contributed by atoms with E-state index in [-0.39, 0.29) is 10.6 Å². The summed E-state index contributed by atoms with van der Waals surface area (Å²) < 4.78 is 46.2. The van der Waals surface area contributed by atoms with Crippen molar-refractivity contribution < 1.29 is 26.5 Å². The zero-order valence-corrected chi connectivity index (χ0v) is 15.7. The number of ether oxygens (including phenoxy) is 1. The number of halogens is 2. The molecule has 0 spiro atoms. The molecule has 0 bridgehead atoms. The summed E-state index contributed by atoms with van der Waals surface area (Å²) in [5.74, 6) is -0.630. The van der Waals surface area contributed by atoms with E-state index in [0.29, 0.717) is 0 Å². The van der Waals surface area contributed by atoms with Crippen molar-refractivity contribution in [3.05, 3.63) is 34.6 Å². The van der Waals surface area contributed by atoms with E-state index >= 15 is 0 Å². The van der Waals surface area contributed by atoms with Gasteiger partial charge >= 0.3 is 6.09 Å². The van der Waals surface area contributed by atoms with Gasteiger partial charge in [-0.2, -0.15) is 8.42 Å². The van der Waals surface area contributed by atoms with Crippen LogP contribution in [0.2, 0.25) is 5.02 Å². The van der Waals surface area contributed by atoms with Gasteiger partial charge < -0.3 is 10.1 Å². The summed E-state index contributed by atoms with van der Waals surface area (Å²) >= 11 is 5.85. The van der Waals surface area contributed by atoms with E-state index in [1.165, 1.54) is 13.0 Å². The molecule has 136 valence electrons. The van der Waals surface area contributed by atoms with E-state index in [1.807, 2.05) is 0 Å². The zero-order chi connectivity index (χ0) is 18.8. The average molecular weight is 382 g/mol. The van der Waals surface area contributed by atoms with Gasteiger partial charge in [0, 0.05) is 5.02 Å². The van der Waals surface area contributed by atoms with Crippen LogP contribution in [-0.2, 0) is 24.6 Å². The van der Waals surface area contributed by atoms with Gasteiger partial charge in [-0.3, -0.25) is 4.18 Å². The molecule has 1 aromatic carbocycles. The van der Waals surface area contributed by atoms with Crippen molar-refractivity contribution >= 4 is 27.8 Å². The largest absolute Gasteiger partial charge is 0.444 e. The molecule has 0 radical (unpaired) electrons. The highest BCUT2D eigenvalue weighted by Gasteiger charge is 2.33. The second-order valence-electron chi connectivity index (χ2n) is 6.58. The van der Waals surface area contributed by atoms with Gasteiger partial charge in [-0.1, -0.05) is 11.6 Å². The molecule has 6 nitrogen and oxygen atoms in total. The monoisotopic (exact) mass is 381 g/mol. The van der Waals surface area contributed by atoms with Crippen LogP contribution < -0.4 is 5.32 Å². The van der Waals surface area contributed by atoms with Crippen molar-refractivity contribution in [3.63, 3.8) is 0 Å². The smallest absolute Gasteiger partial charge is 0.408 e. The molecule has 0 aliphatic rings. The maximum absolute atomic E-state index is 13.7. The number of hydrogen-bond donors (Lipinski definition) is 1. The van der Waals surface area contributed by atoms with Gasteiger partial charge in [-0.15, -0.1) is 0 Å². The normalized spacial score (nSPS) is 14.8. The van der Waals surface area contributed by atoms with Crippen molar-refractivity contribution in [3.8, 4) is 0 Å².